The second kappa shape index (κ2) is 5.08. The van der Waals surface area contributed by atoms with Crippen LogP contribution in [0.4, 0.5) is 14.6 Å². The van der Waals surface area contributed by atoms with Crippen molar-refractivity contribution in [2.24, 2.45) is 0 Å². The van der Waals surface area contributed by atoms with Crippen LogP contribution >= 0.6 is 0 Å². The lowest BCUT2D eigenvalue weighted by atomic mass is 10.1. The fourth-order valence-corrected chi connectivity index (χ4v) is 1.57. The van der Waals surface area contributed by atoms with E-state index >= 15 is 0 Å². The van der Waals surface area contributed by atoms with Gasteiger partial charge in [0.15, 0.2) is 11.6 Å². The van der Waals surface area contributed by atoms with E-state index in [4.69, 9.17) is 5.11 Å². The number of H-pyrrole nitrogens is 1. The number of aromatic carboxylic acids is 1. The van der Waals surface area contributed by atoms with Gasteiger partial charge in [-0.3, -0.25) is 9.89 Å². The third-order valence-electron chi connectivity index (χ3n) is 2.60. The van der Waals surface area contributed by atoms with Gasteiger partial charge >= 0.3 is 5.97 Å². The van der Waals surface area contributed by atoms with Crippen molar-refractivity contribution in [2.75, 3.05) is 5.32 Å². The summed E-state index contributed by atoms with van der Waals surface area (Å²) in [4.78, 5) is 22.9. The number of aryl methyl sites for hydroxylation is 1. The summed E-state index contributed by atoms with van der Waals surface area (Å²) in [6.07, 6.45) is 1.44. The van der Waals surface area contributed by atoms with Gasteiger partial charge < -0.3 is 10.4 Å². The van der Waals surface area contributed by atoms with Crippen LogP contribution in [0.5, 0.6) is 0 Å². The van der Waals surface area contributed by atoms with Crippen molar-refractivity contribution < 1.29 is 23.5 Å². The molecule has 0 unspecified atom stereocenters. The lowest BCUT2D eigenvalue weighted by Gasteiger charge is -2.07. The smallest absolute Gasteiger partial charge is 0.336 e. The summed E-state index contributed by atoms with van der Waals surface area (Å²) in [6, 6.07) is 1.01. The Balaban J connectivity index is 2.41. The largest absolute Gasteiger partial charge is 0.478 e. The van der Waals surface area contributed by atoms with E-state index in [-0.39, 0.29) is 5.82 Å². The monoisotopic (exact) mass is 281 g/mol. The van der Waals surface area contributed by atoms with Gasteiger partial charge in [-0.25, -0.2) is 13.6 Å². The Kier molecular flexibility index (Phi) is 3.47. The van der Waals surface area contributed by atoms with Gasteiger partial charge in [0.05, 0.1) is 17.3 Å². The molecule has 0 aliphatic heterocycles. The van der Waals surface area contributed by atoms with Gasteiger partial charge in [0.2, 0.25) is 0 Å². The highest BCUT2D eigenvalue weighted by atomic mass is 19.2. The molecule has 3 N–H and O–H groups in total. The fourth-order valence-electron chi connectivity index (χ4n) is 1.57. The quantitative estimate of drug-likeness (QED) is 0.801. The van der Waals surface area contributed by atoms with Gasteiger partial charge in [0.25, 0.3) is 5.91 Å². The Hall–Kier alpha value is -2.77. The number of aromatic nitrogens is 2. The van der Waals surface area contributed by atoms with Crippen molar-refractivity contribution in [1.29, 1.82) is 0 Å². The first kappa shape index (κ1) is 13.7. The highest BCUT2D eigenvalue weighted by Gasteiger charge is 2.21. The summed E-state index contributed by atoms with van der Waals surface area (Å²) < 4.78 is 26.2. The Labute approximate surface area is 111 Å². The van der Waals surface area contributed by atoms with Gasteiger partial charge in [-0.15, -0.1) is 0 Å². The molecule has 0 radical (unpaired) electrons. The highest BCUT2D eigenvalue weighted by Crippen LogP contribution is 2.18. The minimum absolute atomic E-state index is 0.246. The standard InChI is InChI=1S/C12H9F2N3O3/c1-5-4-15-17-10(5)16-11(18)6-2-8(13)9(14)3-7(6)12(19)20/h2-4H,1H3,(H,19,20)(H2,15,16,17,18). The summed E-state index contributed by atoms with van der Waals surface area (Å²) in [5, 5.41) is 17.4. The number of hydrogen-bond acceptors (Lipinski definition) is 3. The highest BCUT2D eigenvalue weighted by molar-refractivity contribution is 6.10. The second-order valence-electron chi connectivity index (χ2n) is 4.00. The summed E-state index contributed by atoms with van der Waals surface area (Å²) in [5.41, 5.74) is -0.498. The van der Waals surface area contributed by atoms with E-state index in [0.717, 1.165) is 0 Å². The number of rotatable bonds is 3. The molecule has 1 amide bonds. The zero-order valence-electron chi connectivity index (χ0n) is 10.2. The maximum absolute atomic E-state index is 13.2. The predicted octanol–water partition coefficient (Wildman–Crippen LogP) is 1.95. The van der Waals surface area contributed by atoms with Crippen LogP contribution in [-0.2, 0) is 0 Å². The van der Waals surface area contributed by atoms with E-state index in [1.165, 1.54) is 6.20 Å². The van der Waals surface area contributed by atoms with E-state index in [2.05, 4.69) is 15.5 Å². The Morgan fingerprint density at radius 3 is 2.35 bits per heavy atom. The number of hydrogen-bond donors (Lipinski definition) is 3. The minimum atomic E-state index is -1.53. The summed E-state index contributed by atoms with van der Waals surface area (Å²) in [5.74, 6) is -4.81. The van der Waals surface area contributed by atoms with Crippen molar-refractivity contribution in [3.05, 3.63) is 46.7 Å². The molecule has 104 valence electrons. The summed E-state index contributed by atoms with van der Waals surface area (Å²) >= 11 is 0. The van der Waals surface area contributed by atoms with Gasteiger partial charge in [0.1, 0.15) is 5.82 Å². The molecule has 0 aliphatic rings. The van der Waals surface area contributed by atoms with E-state index in [1.54, 1.807) is 6.92 Å². The van der Waals surface area contributed by atoms with Crippen LogP contribution in [0.3, 0.4) is 0 Å². The number of amides is 1. The number of aromatic amines is 1. The molecule has 6 nitrogen and oxygen atoms in total. The zero-order valence-corrected chi connectivity index (χ0v) is 10.2. The average Bonchev–Trinajstić information content (AvgIpc) is 2.77. The molecule has 2 aromatic rings. The van der Waals surface area contributed by atoms with Gasteiger partial charge in [-0.05, 0) is 19.1 Å². The zero-order chi connectivity index (χ0) is 14.9. The topological polar surface area (TPSA) is 95.1 Å². The first-order valence-electron chi connectivity index (χ1n) is 5.44. The molecule has 0 atom stereocenters. The first-order valence-corrected chi connectivity index (χ1v) is 5.44. The van der Waals surface area contributed by atoms with Crippen molar-refractivity contribution in [3.63, 3.8) is 0 Å². The lowest BCUT2D eigenvalue weighted by Crippen LogP contribution is -2.18. The van der Waals surface area contributed by atoms with Crippen LogP contribution in [-0.4, -0.2) is 27.2 Å². The number of carboxylic acids is 1. The number of halogens is 2. The lowest BCUT2D eigenvalue weighted by molar-refractivity contribution is 0.0691. The molecule has 0 aliphatic carbocycles. The van der Waals surface area contributed by atoms with Crippen LogP contribution in [0.2, 0.25) is 0 Å². The molecule has 0 fully saturated rings. The van der Waals surface area contributed by atoms with Gasteiger partial charge in [0, 0.05) is 5.56 Å². The molecule has 2 rings (SSSR count). The third kappa shape index (κ3) is 2.48. The van der Waals surface area contributed by atoms with Crippen molar-refractivity contribution >= 4 is 17.7 Å². The first-order chi connectivity index (χ1) is 9.40. The number of carbonyl (C=O) groups is 2. The molecule has 0 saturated heterocycles. The normalized spacial score (nSPS) is 10.3. The minimum Gasteiger partial charge on any atom is -0.478 e. The maximum Gasteiger partial charge on any atom is 0.336 e. The SMILES string of the molecule is Cc1cn[nH]c1NC(=O)c1cc(F)c(F)cc1C(=O)O. The number of benzene rings is 1. The van der Waals surface area contributed by atoms with Gasteiger partial charge in [-0.1, -0.05) is 0 Å². The molecule has 8 heteroatoms. The number of anilines is 1. The number of nitrogens with zero attached hydrogens (tertiary/aromatic N) is 1. The number of nitrogens with one attached hydrogen (secondary N) is 2. The molecule has 1 heterocycles. The maximum atomic E-state index is 13.2. The molecular formula is C12H9F2N3O3. The van der Waals surface area contributed by atoms with Crippen LogP contribution in [0, 0.1) is 18.6 Å². The molecule has 0 bridgehead atoms. The van der Waals surface area contributed by atoms with E-state index in [9.17, 15) is 18.4 Å². The molecule has 0 saturated carbocycles. The van der Waals surface area contributed by atoms with Gasteiger partial charge in [-0.2, -0.15) is 5.10 Å². The third-order valence-corrected chi connectivity index (χ3v) is 2.60. The van der Waals surface area contributed by atoms with Crippen LogP contribution < -0.4 is 5.32 Å². The van der Waals surface area contributed by atoms with Crippen molar-refractivity contribution in [3.8, 4) is 0 Å². The number of carboxylic acid groups (broad SMARTS) is 1. The summed E-state index contributed by atoms with van der Waals surface area (Å²) in [7, 11) is 0. The summed E-state index contributed by atoms with van der Waals surface area (Å²) in [6.45, 7) is 1.66. The second-order valence-corrected chi connectivity index (χ2v) is 4.00. The van der Waals surface area contributed by atoms with Crippen molar-refractivity contribution in [2.45, 2.75) is 6.92 Å². The Bertz CT molecular complexity index is 697. The van der Waals surface area contributed by atoms with Crippen LogP contribution in [0.15, 0.2) is 18.3 Å². The Morgan fingerprint density at radius 2 is 1.85 bits per heavy atom. The molecule has 1 aromatic carbocycles. The molecule has 1 aromatic heterocycles. The molecule has 20 heavy (non-hydrogen) atoms. The van der Waals surface area contributed by atoms with Crippen LogP contribution in [0.1, 0.15) is 26.3 Å². The fraction of sp³-hybridized carbons (Fsp3) is 0.0833. The van der Waals surface area contributed by atoms with Crippen LogP contribution in [0.25, 0.3) is 0 Å². The Morgan fingerprint density at radius 1 is 1.25 bits per heavy atom. The average molecular weight is 281 g/mol. The van der Waals surface area contributed by atoms with E-state index < -0.39 is 34.6 Å². The van der Waals surface area contributed by atoms with E-state index in [1.807, 2.05) is 0 Å². The predicted molar refractivity (Wildman–Crippen MR) is 64.6 cm³/mol. The van der Waals surface area contributed by atoms with Crippen molar-refractivity contribution in [1.82, 2.24) is 10.2 Å². The molecule has 0 spiro atoms. The number of carbonyl (C=O) groups excluding carboxylic acids is 1. The van der Waals surface area contributed by atoms with E-state index in [0.29, 0.717) is 17.7 Å². The molecular weight excluding hydrogens is 272 g/mol.